The third-order valence-corrected chi connectivity index (χ3v) is 4.92. The molecule has 0 bridgehead atoms. The zero-order valence-corrected chi connectivity index (χ0v) is 15.5. The Morgan fingerprint density at radius 2 is 2.12 bits per heavy atom. The van der Waals surface area contributed by atoms with Crippen molar-refractivity contribution in [1.82, 2.24) is 4.98 Å². The van der Waals surface area contributed by atoms with Crippen LogP contribution < -0.4 is 10.1 Å². The summed E-state index contributed by atoms with van der Waals surface area (Å²) in [6.07, 6.45) is 2.23. The average Bonchev–Trinajstić information content (AvgIpc) is 3.07. The standard InChI is InChI=1S/C19H17ClN2O3S/c20-9-3-4-14-10-13(11-23)7-8-16(14)25-12-18(24)22-19-21-15-5-1-2-6-17(15)26-19/h1-2,5-8,10-11H,3-4,9,12H2,(H,21,22,24). The van der Waals surface area contributed by atoms with Gasteiger partial charge < -0.3 is 4.74 Å². The summed E-state index contributed by atoms with van der Waals surface area (Å²) in [5.74, 6) is 0.815. The Morgan fingerprint density at radius 1 is 1.27 bits per heavy atom. The molecule has 0 aliphatic carbocycles. The van der Waals surface area contributed by atoms with Crippen molar-refractivity contribution in [3.63, 3.8) is 0 Å². The Bertz CT molecular complexity index is 893. The Balaban J connectivity index is 1.64. The maximum absolute atomic E-state index is 12.2. The highest BCUT2D eigenvalue weighted by atomic mass is 35.5. The van der Waals surface area contributed by atoms with Gasteiger partial charge in [-0.3, -0.25) is 14.9 Å². The number of thiazole rings is 1. The highest BCUT2D eigenvalue weighted by Crippen LogP contribution is 2.25. The smallest absolute Gasteiger partial charge is 0.264 e. The van der Waals surface area contributed by atoms with Crippen molar-refractivity contribution in [2.75, 3.05) is 17.8 Å². The lowest BCUT2D eigenvalue weighted by Gasteiger charge is -2.11. The van der Waals surface area contributed by atoms with Crippen LogP contribution in [0.15, 0.2) is 42.5 Å². The normalized spacial score (nSPS) is 10.7. The Kier molecular flexibility index (Phi) is 6.20. The van der Waals surface area contributed by atoms with Crippen LogP contribution in [-0.2, 0) is 11.2 Å². The van der Waals surface area contributed by atoms with E-state index in [1.165, 1.54) is 11.3 Å². The quantitative estimate of drug-likeness (QED) is 0.461. The van der Waals surface area contributed by atoms with E-state index in [1.54, 1.807) is 18.2 Å². The molecule has 0 fully saturated rings. The van der Waals surface area contributed by atoms with Crippen molar-refractivity contribution < 1.29 is 14.3 Å². The first-order valence-electron chi connectivity index (χ1n) is 8.12. The molecule has 1 heterocycles. The van der Waals surface area contributed by atoms with Crippen LogP contribution in [0.3, 0.4) is 0 Å². The van der Waals surface area contributed by atoms with Crippen LogP contribution in [-0.4, -0.2) is 29.7 Å². The molecule has 0 saturated heterocycles. The average molecular weight is 389 g/mol. The number of para-hydroxylation sites is 1. The Morgan fingerprint density at radius 3 is 2.88 bits per heavy atom. The number of alkyl halides is 1. The van der Waals surface area contributed by atoms with Crippen LogP contribution in [0.1, 0.15) is 22.3 Å². The number of hydrogen-bond acceptors (Lipinski definition) is 5. The molecule has 0 aliphatic heterocycles. The Hall–Kier alpha value is -2.44. The lowest BCUT2D eigenvalue weighted by Crippen LogP contribution is -2.20. The van der Waals surface area contributed by atoms with E-state index in [0.29, 0.717) is 28.7 Å². The van der Waals surface area contributed by atoms with Crippen molar-refractivity contribution >= 4 is 50.5 Å². The highest BCUT2D eigenvalue weighted by molar-refractivity contribution is 7.22. The molecule has 1 amide bonds. The molecule has 0 spiro atoms. The van der Waals surface area contributed by atoms with Gasteiger partial charge in [-0.25, -0.2) is 4.98 Å². The van der Waals surface area contributed by atoms with E-state index in [0.717, 1.165) is 28.5 Å². The number of aryl methyl sites for hydroxylation is 1. The van der Waals surface area contributed by atoms with E-state index >= 15 is 0 Å². The molecular weight excluding hydrogens is 372 g/mol. The fourth-order valence-corrected chi connectivity index (χ4v) is 3.51. The molecule has 0 aliphatic rings. The summed E-state index contributed by atoms with van der Waals surface area (Å²) in [6, 6.07) is 12.8. The lowest BCUT2D eigenvalue weighted by molar-refractivity contribution is -0.118. The SMILES string of the molecule is O=Cc1ccc(OCC(=O)Nc2nc3ccccc3s2)c(CCCCl)c1. The number of amides is 1. The number of nitrogens with one attached hydrogen (secondary N) is 1. The minimum Gasteiger partial charge on any atom is -0.483 e. The van der Waals surface area contributed by atoms with Gasteiger partial charge in [-0.15, -0.1) is 11.6 Å². The van der Waals surface area contributed by atoms with Crippen LogP contribution in [0.2, 0.25) is 0 Å². The molecule has 1 aromatic heterocycles. The van der Waals surface area contributed by atoms with Crippen LogP contribution >= 0.6 is 22.9 Å². The molecule has 3 aromatic rings. The highest BCUT2D eigenvalue weighted by Gasteiger charge is 2.11. The molecule has 26 heavy (non-hydrogen) atoms. The van der Waals surface area contributed by atoms with Crippen molar-refractivity contribution in [2.45, 2.75) is 12.8 Å². The summed E-state index contributed by atoms with van der Waals surface area (Å²) in [4.78, 5) is 27.5. The number of carbonyl (C=O) groups excluding carboxylic acids is 2. The molecule has 7 heteroatoms. The van der Waals surface area contributed by atoms with Gasteiger partial charge in [0.15, 0.2) is 11.7 Å². The molecule has 0 atom stereocenters. The van der Waals surface area contributed by atoms with E-state index in [4.69, 9.17) is 16.3 Å². The zero-order valence-electron chi connectivity index (χ0n) is 13.9. The van der Waals surface area contributed by atoms with E-state index in [2.05, 4.69) is 10.3 Å². The molecular formula is C19H17ClN2O3S. The molecule has 2 aromatic carbocycles. The number of nitrogens with zero attached hydrogens (tertiary/aromatic N) is 1. The van der Waals surface area contributed by atoms with Crippen LogP contribution in [0, 0.1) is 0 Å². The third kappa shape index (κ3) is 4.59. The van der Waals surface area contributed by atoms with Gasteiger partial charge in [0.1, 0.15) is 12.0 Å². The van der Waals surface area contributed by atoms with Crippen LogP contribution in [0.25, 0.3) is 10.2 Å². The van der Waals surface area contributed by atoms with Gasteiger partial charge in [0, 0.05) is 11.4 Å². The van der Waals surface area contributed by atoms with Crippen LogP contribution in [0.4, 0.5) is 5.13 Å². The minimum atomic E-state index is -0.285. The molecule has 5 nitrogen and oxygen atoms in total. The van der Waals surface area contributed by atoms with Gasteiger partial charge in [-0.2, -0.15) is 0 Å². The van der Waals surface area contributed by atoms with Gasteiger partial charge in [-0.1, -0.05) is 23.5 Å². The lowest BCUT2D eigenvalue weighted by atomic mass is 10.1. The second-order valence-corrected chi connectivity index (χ2v) is 7.01. The monoisotopic (exact) mass is 388 g/mol. The van der Waals surface area contributed by atoms with Crippen molar-refractivity contribution in [2.24, 2.45) is 0 Å². The maximum atomic E-state index is 12.2. The summed E-state index contributed by atoms with van der Waals surface area (Å²) in [6.45, 7) is -0.135. The summed E-state index contributed by atoms with van der Waals surface area (Å²) in [5, 5.41) is 3.29. The number of fused-ring (bicyclic) bond motifs is 1. The zero-order chi connectivity index (χ0) is 18.4. The fourth-order valence-electron chi connectivity index (χ4n) is 2.49. The van der Waals surface area contributed by atoms with Gasteiger partial charge in [0.25, 0.3) is 5.91 Å². The molecule has 3 rings (SSSR count). The molecule has 1 N–H and O–H groups in total. The second kappa shape index (κ2) is 8.78. The Labute approximate surface area is 160 Å². The van der Waals surface area contributed by atoms with Gasteiger partial charge in [-0.05, 0) is 48.7 Å². The summed E-state index contributed by atoms with van der Waals surface area (Å²) in [5.41, 5.74) is 2.28. The predicted molar refractivity (Wildman–Crippen MR) is 105 cm³/mol. The molecule has 134 valence electrons. The van der Waals surface area contributed by atoms with E-state index in [-0.39, 0.29) is 12.5 Å². The summed E-state index contributed by atoms with van der Waals surface area (Å²) >= 11 is 7.16. The number of aromatic nitrogens is 1. The van der Waals surface area contributed by atoms with Gasteiger partial charge in [0.2, 0.25) is 0 Å². The first-order valence-corrected chi connectivity index (χ1v) is 9.47. The minimum absolute atomic E-state index is 0.135. The largest absolute Gasteiger partial charge is 0.483 e. The van der Waals surface area contributed by atoms with Gasteiger partial charge >= 0.3 is 0 Å². The predicted octanol–water partition coefficient (Wildman–Crippen LogP) is 4.30. The first-order chi connectivity index (χ1) is 12.7. The number of ether oxygens (including phenoxy) is 1. The number of rotatable bonds is 8. The van der Waals surface area contributed by atoms with Crippen LogP contribution in [0.5, 0.6) is 5.75 Å². The number of aldehydes is 1. The topological polar surface area (TPSA) is 68.3 Å². The molecule has 0 radical (unpaired) electrons. The van der Waals surface area contributed by atoms with E-state index in [1.807, 2.05) is 24.3 Å². The number of carbonyl (C=O) groups is 2. The fraction of sp³-hybridized carbons (Fsp3) is 0.211. The summed E-state index contributed by atoms with van der Waals surface area (Å²) < 4.78 is 6.66. The third-order valence-electron chi connectivity index (χ3n) is 3.70. The molecule has 0 unspecified atom stereocenters. The number of benzene rings is 2. The van der Waals surface area contributed by atoms with Gasteiger partial charge in [0.05, 0.1) is 10.2 Å². The number of halogens is 1. The van der Waals surface area contributed by atoms with Crippen molar-refractivity contribution in [1.29, 1.82) is 0 Å². The second-order valence-electron chi connectivity index (χ2n) is 5.60. The molecule has 0 saturated carbocycles. The first kappa shape index (κ1) is 18.4. The number of anilines is 1. The summed E-state index contributed by atoms with van der Waals surface area (Å²) in [7, 11) is 0. The van der Waals surface area contributed by atoms with E-state index < -0.39 is 0 Å². The van der Waals surface area contributed by atoms with Crippen molar-refractivity contribution in [3.05, 3.63) is 53.6 Å². The van der Waals surface area contributed by atoms with E-state index in [9.17, 15) is 9.59 Å². The number of hydrogen-bond donors (Lipinski definition) is 1. The van der Waals surface area contributed by atoms with Crippen molar-refractivity contribution in [3.8, 4) is 5.75 Å². The maximum Gasteiger partial charge on any atom is 0.264 e.